The second-order valence-electron chi connectivity index (χ2n) is 4.38. The molecule has 0 radical (unpaired) electrons. The molecule has 0 aromatic heterocycles. The van der Waals surface area contributed by atoms with Crippen LogP contribution in [0.25, 0.3) is 0 Å². The third-order valence-corrected chi connectivity index (χ3v) is 4.60. The molecule has 106 valence electrons. The van der Waals surface area contributed by atoms with Crippen LogP contribution in [0.15, 0.2) is 30.3 Å². The highest BCUT2D eigenvalue weighted by Crippen LogP contribution is 2.09. The lowest BCUT2D eigenvalue weighted by atomic mass is 10.1. The molecular formula is C12H19N3O3S. The molecule has 1 aliphatic rings. The molecule has 6 nitrogen and oxygen atoms in total. The van der Waals surface area contributed by atoms with Crippen LogP contribution in [0.3, 0.4) is 0 Å². The fourth-order valence-corrected chi connectivity index (χ4v) is 3.09. The summed E-state index contributed by atoms with van der Waals surface area (Å²) < 4.78 is 33.1. The van der Waals surface area contributed by atoms with Gasteiger partial charge >= 0.3 is 0 Å². The fraction of sp³-hybridized carbons (Fsp3) is 0.500. The van der Waals surface area contributed by atoms with Crippen LogP contribution in [0.2, 0.25) is 0 Å². The molecule has 0 spiro atoms. The van der Waals surface area contributed by atoms with E-state index in [-0.39, 0.29) is 12.6 Å². The van der Waals surface area contributed by atoms with Crippen molar-refractivity contribution in [2.45, 2.75) is 6.04 Å². The maximum absolute atomic E-state index is 12.0. The van der Waals surface area contributed by atoms with Gasteiger partial charge < -0.3 is 10.5 Å². The topological polar surface area (TPSA) is 84.7 Å². The third-order valence-electron chi connectivity index (χ3n) is 3.02. The maximum Gasteiger partial charge on any atom is 0.279 e. The van der Waals surface area contributed by atoms with Gasteiger partial charge in [-0.25, -0.2) is 4.72 Å². The lowest BCUT2D eigenvalue weighted by Crippen LogP contribution is -2.48. The van der Waals surface area contributed by atoms with Gasteiger partial charge in [0.2, 0.25) is 0 Å². The SMILES string of the molecule is NC(CNS(=O)(=O)N1CCOCC1)c1ccccc1. The van der Waals surface area contributed by atoms with Crippen molar-refractivity contribution in [2.24, 2.45) is 5.73 Å². The lowest BCUT2D eigenvalue weighted by Gasteiger charge is -2.26. The Morgan fingerprint density at radius 3 is 2.53 bits per heavy atom. The van der Waals surface area contributed by atoms with Crippen LogP contribution in [0, 0.1) is 0 Å². The highest BCUT2D eigenvalue weighted by Gasteiger charge is 2.24. The van der Waals surface area contributed by atoms with Crippen LogP contribution in [-0.2, 0) is 14.9 Å². The van der Waals surface area contributed by atoms with Crippen LogP contribution >= 0.6 is 0 Å². The number of nitrogens with two attached hydrogens (primary N) is 1. The minimum atomic E-state index is -3.46. The van der Waals surface area contributed by atoms with Gasteiger partial charge in [0.25, 0.3) is 10.2 Å². The molecule has 1 saturated heterocycles. The molecule has 3 N–H and O–H groups in total. The Kier molecular flexibility index (Phi) is 4.89. The van der Waals surface area contributed by atoms with Crippen LogP contribution in [-0.4, -0.2) is 45.6 Å². The first kappa shape index (κ1) is 14.4. The van der Waals surface area contributed by atoms with Crippen molar-refractivity contribution >= 4 is 10.2 Å². The number of ether oxygens (including phenoxy) is 1. The van der Waals surface area contributed by atoms with E-state index in [0.717, 1.165) is 5.56 Å². The zero-order chi connectivity index (χ0) is 13.7. The summed E-state index contributed by atoms with van der Waals surface area (Å²) in [6.45, 7) is 1.83. The molecule has 1 unspecified atom stereocenters. The van der Waals surface area contributed by atoms with Crippen LogP contribution in [0.1, 0.15) is 11.6 Å². The zero-order valence-corrected chi connectivity index (χ0v) is 11.5. The molecule has 1 aliphatic heterocycles. The molecule has 1 heterocycles. The van der Waals surface area contributed by atoms with E-state index in [1.54, 1.807) is 0 Å². The predicted octanol–water partition coefficient (Wildman–Crippen LogP) is -0.147. The normalized spacial score (nSPS) is 19.2. The Morgan fingerprint density at radius 1 is 1.26 bits per heavy atom. The highest BCUT2D eigenvalue weighted by molar-refractivity contribution is 7.87. The van der Waals surface area contributed by atoms with Gasteiger partial charge in [0.15, 0.2) is 0 Å². The van der Waals surface area contributed by atoms with E-state index in [1.165, 1.54) is 4.31 Å². The van der Waals surface area contributed by atoms with Crippen LogP contribution in [0.5, 0.6) is 0 Å². The first-order valence-electron chi connectivity index (χ1n) is 6.22. The molecule has 1 aromatic carbocycles. The van der Waals surface area contributed by atoms with Gasteiger partial charge in [-0.2, -0.15) is 12.7 Å². The second-order valence-corrected chi connectivity index (χ2v) is 6.14. The molecule has 0 saturated carbocycles. The van der Waals surface area contributed by atoms with Gasteiger partial charge in [0, 0.05) is 25.7 Å². The number of nitrogens with zero attached hydrogens (tertiary/aromatic N) is 1. The Hall–Kier alpha value is -0.990. The van der Waals surface area contributed by atoms with E-state index in [2.05, 4.69) is 4.72 Å². The van der Waals surface area contributed by atoms with E-state index in [1.807, 2.05) is 30.3 Å². The molecule has 2 rings (SSSR count). The van der Waals surface area contributed by atoms with Crippen LogP contribution in [0.4, 0.5) is 0 Å². The first-order chi connectivity index (χ1) is 9.09. The van der Waals surface area contributed by atoms with Gasteiger partial charge in [-0.05, 0) is 5.56 Å². The van der Waals surface area contributed by atoms with E-state index in [9.17, 15) is 8.42 Å². The highest BCUT2D eigenvalue weighted by atomic mass is 32.2. The Bertz CT molecular complexity index is 486. The quantitative estimate of drug-likeness (QED) is 0.788. The summed E-state index contributed by atoms with van der Waals surface area (Å²) in [5, 5.41) is 0. The molecule has 1 fully saturated rings. The van der Waals surface area contributed by atoms with Gasteiger partial charge in [-0.3, -0.25) is 0 Å². The predicted molar refractivity (Wildman–Crippen MR) is 72.7 cm³/mol. The smallest absolute Gasteiger partial charge is 0.279 e. The molecule has 1 aromatic rings. The summed E-state index contributed by atoms with van der Waals surface area (Å²) in [4.78, 5) is 0. The molecule has 0 bridgehead atoms. The van der Waals surface area contributed by atoms with Crippen molar-refractivity contribution in [1.29, 1.82) is 0 Å². The average Bonchev–Trinajstić information content (AvgIpc) is 2.47. The van der Waals surface area contributed by atoms with Gasteiger partial charge in [0.05, 0.1) is 13.2 Å². The fourth-order valence-electron chi connectivity index (χ4n) is 1.89. The van der Waals surface area contributed by atoms with Crippen molar-refractivity contribution in [2.75, 3.05) is 32.8 Å². The van der Waals surface area contributed by atoms with Crippen molar-refractivity contribution in [3.8, 4) is 0 Å². The van der Waals surface area contributed by atoms with Crippen molar-refractivity contribution < 1.29 is 13.2 Å². The van der Waals surface area contributed by atoms with Gasteiger partial charge in [0.1, 0.15) is 0 Å². The van der Waals surface area contributed by atoms with Crippen molar-refractivity contribution in [1.82, 2.24) is 9.03 Å². The number of morpholine rings is 1. The van der Waals surface area contributed by atoms with E-state index < -0.39 is 10.2 Å². The molecule has 7 heteroatoms. The first-order valence-corrected chi connectivity index (χ1v) is 7.66. The van der Waals surface area contributed by atoms with E-state index in [0.29, 0.717) is 26.3 Å². The van der Waals surface area contributed by atoms with Gasteiger partial charge in [-0.1, -0.05) is 30.3 Å². The Labute approximate surface area is 113 Å². The zero-order valence-electron chi connectivity index (χ0n) is 10.7. The number of hydrogen-bond donors (Lipinski definition) is 2. The summed E-state index contributed by atoms with van der Waals surface area (Å²) in [7, 11) is -3.46. The standard InChI is InChI=1S/C12H19N3O3S/c13-12(11-4-2-1-3-5-11)10-14-19(16,17)15-6-8-18-9-7-15/h1-5,12,14H,6-10,13H2. The molecule has 19 heavy (non-hydrogen) atoms. The molecule has 0 aliphatic carbocycles. The van der Waals surface area contributed by atoms with Gasteiger partial charge in [-0.15, -0.1) is 0 Å². The van der Waals surface area contributed by atoms with Crippen LogP contribution < -0.4 is 10.5 Å². The maximum atomic E-state index is 12.0. The minimum absolute atomic E-state index is 0.184. The molecule has 1 atom stereocenters. The average molecular weight is 285 g/mol. The summed E-state index contributed by atoms with van der Waals surface area (Å²) in [6.07, 6.45) is 0. The lowest BCUT2D eigenvalue weighted by molar-refractivity contribution is 0.0725. The number of rotatable bonds is 5. The minimum Gasteiger partial charge on any atom is -0.379 e. The summed E-state index contributed by atoms with van der Waals surface area (Å²) in [5.41, 5.74) is 6.87. The van der Waals surface area contributed by atoms with Crippen molar-refractivity contribution in [3.05, 3.63) is 35.9 Å². The summed E-state index contributed by atoms with van der Waals surface area (Å²) in [5.74, 6) is 0. The largest absolute Gasteiger partial charge is 0.379 e. The van der Waals surface area contributed by atoms with Crippen molar-refractivity contribution in [3.63, 3.8) is 0 Å². The van der Waals surface area contributed by atoms with E-state index in [4.69, 9.17) is 10.5 Å². The summed E-state index contributed by atoms with van der Waals surface area (Å²) in [6, 6.07) is 9.07. The third kappa shape index (κ3) is 3.99. The van der Waals surface area contributed by atoms with E-state index >= 15 is 0 Å². The number of hydrogen-bond acceptors (Lipinski definition) is 4. The Morgan fingerprint density at radius 2 is 1.89 bits per heavy atom. The monoisotopic (exact) mass is 285 g/mol. The summed E-state index contributed by atoms with van der Waals surface area (Å²) >= 11 is 0. The molecular weight excluding hydrogens is 266 g/mol. The number of benzene rings is 1. The number of nitrogens with one attached hydrogen (secondary N) is 1. The molecule has 0 amide bonds. The Balaban J connectivity index is 1.90. The second kappa shape index (κ2) is 6.44.